The number of nitrogens with zero attached hydrogens (tertiary/aromatic N) is 1. The van der Waals surface area contributed by atoms with E-state index in [0.717, 1.165) is 6.07 Å². The highest BCUT2D eigenvalue weighted by Crippen LogP contribution is 2.28. The Hall–Kier alpha value is -2.02. The zero-order chi connectivity index (χ0) is 17.0. The van der Waals surface area contributed by atoms with Gasteiger partial charge >= 0.3 is 0 Å². The molecule has 6 nitrogen and oxygen atoms in total. The molecule has 0 bridgehead atoms. The second-order valence-corrected chi connectivity index (χ2v) is 5.58. The Morgan fingerprint density at radius 1 is 1.13 bits per heavy atom. The normalized spacial score (nSPS) is 10.2. The third-order valence-electron chi connectivity index (χ3n) is 2.69. The SMILES string of the molecule is O=C(COc1ccc(Cl)cc1Cl)Nc1cc([N+](=O)[O-])ccc1Cl. The first-order valence-electron chi connectivity index (χ1n) is 6.18. The van der Waals surface area contributed by atoms with Gasteiger partial charge in [0.25, 0.3) is 11.6 Å². The first-order chi connectivity index (χ1) is 10.9. The van der Waals surface area contributed by atoms with Gasteiger partial charge < -0.3 is 10.1 Å². The van der Waals surface area contributed by atoms with E-state index in [1.54, 1.807) is 6.07 Å². The summed E-state index contributed by atoms with van der Waals surface area (Å²) in [6, 6.07) is 8.30. The number of ether oxygens (including phenoxy) is 1. The van der Waals surface area contributed by atoms with E-state index in [2.05, 4.69) is 5.32 Å². The first kappa shape index (κ1) is 17.3. The average molecular weight is 376 g/mol. The molecule has 0 aromatic heterocycles. The predicted octanol–water partition coefficient (Wildman–Crippen LogP) is 4.57. The summed E-state index contributed by atoms with van der Waals surface area (Å²) < 4.78 is 5.26. The number of amides is 1. The molecule has 0 spiro atoms. The Bertz CT molecular complexity index is 768. The molecule has 120 valence electrons. The van der Waals surface area contributed by atoms with Crippen LogP contribution in [0.1, 0.15) is 0 Å². The molecule has 1 amide bonds. The molecule has 0 unspecified atom stereocenters. The van der Waals surface area contributed by atoms with E-state index in [1.165, 1.54) is 24.3 Å². The van der Waals surface area contributed by atoms with Crippen LogP contribution < -0.4 is 10.1 Å². The van der Waals surface area contributed by atoms with Crippen LogP contribution in [0, 0.1) is 10.1 Å². The maximum atomic E-state index is 11.9. The molecule has 0 heterocycles. The second kappa shape index (κ2) is 7.50. The molecule has 0 aliphatic carbocycles. The molecular weight excluding hydrogens is 367 g/mol. The van der Waals surface area contributed by atoms with Crippen LogP contribution in [0.25, 0.3) is 0 Å². The van der Waals surface area contributed by atoms with Gasteiger partial charge in [-0.2, -0.15) is 0 Å². The number of carbonyl (C=O) groups excluding carboxylic acids is 1. The number of hydrogen-bond acceptors (Lipinski definition) is 4. The summed E-state index contributed by atoms with van der Waals surface area (Å²) in [7, 11) is 0. The lowest BCUT2D eigenvalue weighted by Crippen LogP contribution is -2.20. The number of hydrogen-bond donors (Lipinski definition) is 1. The van der Waals surface area contributed by atoms with Crippen LogP contribution in [0.15, 0.2) is 36.4 Å². The predicted molar refractivity (Wildman–Crippen MR) is 88.7 cm³/mol. The largest absolute Gasteiger partial charge is 0.482 e. The van der Waals surface area contributed by atoms with Crippen LogP contribution in [0.3, 0.4) is 0 Å². The third kappa shape index (κ3) is 4.72. The molecule has 0 fully saturated rings. The molecule has 23 heavy (non-hydrogen) atoms. The zero-order valence-corrected chi connectivity index (χ0v) is 13.7. The molecule has 0 saturated carbocycles. The number of halogens is 3. The topological polar surface area (TPSA) is 81.5 Å². The minimum Gasteiger partial charge on any atom is -0.482 e. The lowest BCUT2D eigenvalue weighted by Gasteiger charge is -2.10. The Labute approximate surface area is 146 Å². The highest BCUT2D eigenvalue weighted by molar-refractivity contribution is 6.35. The van der Waals surface area contributed by atoms with Crippen LogP contribution in [0.2, 0.25) is 15.1 Å². The van der Waals surface area contributed by atoms with Gasteiger partial charge in [0, 0.05) is 17.2 Å². The number of carbonyl (C=O) groups is 1. The molecular formula is C14H9Cl3N2O4. The van der Waals surface area contributed by atoms with Gasteiger partial charge in [0.1, 0.15) is 5.75 Å². The van der Waals surface area contributed by atoms with E-state index in [1.807, 2.05) is 0 Å². The summed E-state index contributed by atoms with van der Waals surface area (Å²) in [5, 5.41) is 14.0. The monoisotopic (exact) mass is 374 g/mol. The maximum Gasteiger partial charge on any atom is 0.271 e. The van der Waals surface area contributed by atoms with Crippen molar-refractivity contribution in [3.63, 3.8) is 0 Å². The third-order valence-corrected chi connectivity index (χ3v) is 3.55. The minimum atomic E-state index is -0.587. The summed E-state index contributed by atoms with van der Waals surface area (Å²) in [6.07, 6.45) is 0. The van der Waals surface area contributed by atoms with Crippen molar-refractivity contribution in [2.24, 2.45) is 0 Å². The lowest BCUT2D eigenvalue weighted by molar-refractivity contribution is -0.384. The first-order valence-corrected chi connectivity index (χ1v) is 7.32. The summed E-state index contributed by atoms with van der Waals surface area (Å²) in [5.41, 5.74) is -0.0666. The van der Waals surface area contributed by atoms with Crippen molar-refractivity contribution in [2.45, 2.75) is 0 Å². The van der Waals surface area contributed by atoms with Crippen LogP contribution in [-0.4, -0.2) is 17.4 Å². The van der Waals surface area contributed by atoms with E-state index in [-0.39, 0.29) is 33.8 Å². The van der Waals surface area contributed by atoms with Gasteiger partial charge in [-0.05, 0) is 24.3 Å². The van der Waals surface area contributed by atoms with Gasteiger partial charge in [-0.3, -0.25) is 14.9 Å². The van der Waals surface area contributed by atoms with Crippen LogP contribution in [0.5, 0.6) is 5.75 Å². The van der Waals surface area contributed by atoms with Crippen LogP contribution in [-0.2, 0) is 4.79 Å². The molecule has 0 saturated heterocycles. The average Bonchev–Trinajstić information content (AvgIpc) is 2.48. The second-order valence-electron chi connectivity index (χ2n) is 4.33. The number of non-ortho nitro benzene ring substituents is 1. The molecule has 0 radical (unpaired) electrons. The fourth-order valence-electron chi connectivity index (χ4n) is 1.64. The number of nitro groups is 1. The summed E-state index contributed by atoms with van der Waals surface area (Å²) in [6.45, 7) is -0.347. The quantitative estimate of drug-likeness (QED) is 0.613. The molecule has 0 aliphatic rings. The highest BCUT2D eigenvalue weighted by atomic mass is 35.5. The molecule has 2 aromatic carbocycles. The number of anilines is 1. The fourth-order valence-corrected chi connectivity index (χ4v) is 2.27. The van der Waals surface area contributed by atoms with E-state index >= 15 is 0 Å². The number of nitro benzene ring substituents is 1. The van der Waals surface area contributed by atoms with Crippen molar-refractivity contribution in [1.29, 1.82) is 0 Å². The van der Waals surface area contributed by atoms with Gasteiger partial charge in [-0.25, -0.2) is 0 Å². The fraction of sp³-hybridized carbons (Fsp3) is 0.0714. The van der Waals surface area contributed by atoms with Crippen molar-refractivity contribution in [3.05, 3.63) is 61.6 Å². The van der Waals surface area contributed by atoms with Gasteiger partial charge in [0.05, 0.1) is 20.7 Å². The highest BCUT2D eigenvalue weighted by Gasteiger charge is 2.13. The summed E-state index contributed by atoms with van der Waals surface area (Å²) >= 11 is 17.6. The van der Waals surface area contributed by atoms with Crippen molar-refractivity contribution < 1.29 is 14.5 Å². The van der Waals surface area contributed by atoms with E-state index in [9.17, 15) is 14.9 Å². The van der Waals surface area contributed by atoms with E-state index < -0.39 is 10.8 Å². The number of rotatable bonds is 5. The number of benzene rings is 2. The minimum absolute atomic E-state index is 0.122. The van der Waals surface area contributed by atoms with E-state index in [4.69, 9.17) is 39.5 Å². The smallest absolute Gasteiger partial charge is 0.271 e. The summed E-state index contributed by atoms with van der Waals surface area (Å²) in [4.78, 5) is 22.0. The van der Waals surface area contributed by atoms with Gasteiger partial charge in [0.15, 0.2) is 6.61 Å². The van der Waals surface area contributed by atoms with Gasteiger partial charge in [-0.15, -0.1) is 0 Å². The Balaban J connectivity index is 2.02. The maximum absolute atomic E-state index is 11.9. The molecule has 2 rings (SSSR count). The molecule has 2 aromatic rings. The van der Waals surface area contributed by atoms with Crippen molar-refractivity contribution in [1.82, 2.24) is 0 Å². The summed E-state index contributed by atoms with van der Waals surface area (Å²) in [5.74, 6) is -0.255. The van der Waals surface area contributed by atoms with Crippen molar-refractivity contribution in [2.75, 3.05) is 11.9 Å². The Morgan fingerprint density at radius 3 is 2.52 bits per heavy atom. The van der Waals surface area contributed by atoms with Gasteiger partial charge in [-0.1, -0.05) is 34.8 Å². The Kier molecular flexibility index (Phi) is 5.65. The van der Waals surface area contributed by atoms with Crippen molar-refractivity contribution in [3.8, 4) is 5.75 Å². The molecule has 0 atom stereocenters. The van der Waals surface area contributed by atoms with Crippen molar-refractivity contribution >= 4 is 52.1 Å². The number of nitrogens with one attached hydrogen (secondary N) is 1. The Morgan fingerprint density at radius 2 is 1.87 bits per heavy atom. The zero-order valence-electron chi connectivity index (χ0n) is 11.4. The molecule has 9 heteroatoms. The standard InChI is InChI=1S/C14H9Cl3N2O4/c15-8-1-4-13(11(17)5-8)23-7-14(20)18-12-6-9(19(21)22)2-3-10(12)16/h1-6H,7H2,(H,18,20). The van der Waals surface area contributed by atoms with Crippen LogP contribution in [0.4, 0.5) is 11.4 Å². The molecule has 1 N–H and O–H groups in total. The van der Waals surface area contributed by atoms with Gasteiger partial charge in [0.2, 0.25) is 0 Å². The molecule has 0 aliphatic heterocycles. The van der Waals surface area contributed by atoms with E-state index in [0.29, 0.717) is 5.02 Å². The van der Waals surface area contributed by atoms with Crippen LogP contribution >= 0.6 is 34.8 Å². The lowest BCUT2D eigenvalue weighted by atomic mass is 10.3.